The van der Waals surface area contributed by atoms with Gasteiger partial charge in [-0.1, -0.05) is 6.92 Å². The van der Waals surface area contributed by atoms with Crippen LogP contribution in [0.5, 0.6) is 5.75 Å². The number of nitrogens with zero attached hydrogens (tertiary/aromatic N) is 3. The summed E-state index contributed by atoms with van der Waals surface area (Å²) in [6, 6.07) is 11.6. The van der Waals surface area contributed by atoms with Crippen molar-refractivity contribution in [1.82, 2.24) is 9.97 Å². The third-order valence-electron chi connectivity index (χ3n) is 6.56. The van der Waals surface area contributed by atoms with Gasteiger partial charge in [0.1, 0.15) is 23.5 Å². The minimum atomic E-state index is -0.309. The lowest BCUT2D eigenvalue weighted by Crippen LogP contribution is -2.26. The van der Waals surface area contributed by atoms with E-state index >= 15 is 0 Å². The molecule has 2 aliphatic carbocycles. The Balaban J connectivity index is 1.19. The number of amides is 1. The Hall–Kier alpha value is -3.53. The molecule has 2 aliphatic rings. The molecule has 1 N–H and O–H groups in total. The van der Waals surface area contributed by atoms with E-state index in [2.05, 4.69) is 15.3 Å². The van der Waals surface area contributed by atoms with Crippen molar-refractivity contribution in [1.29, 1.82) is 5.26 Å². The number of halogens is 1. The third-order valence-corrected chi connectivity index (χ3v) is 6.56. The van der Waals surface area contributed by atoms with E-state index in [4.69, 9.17) is 10.00 Å². The van der Waals surface area contributed by atoms with Crippen LogP contribution in [0, 0.1) is 40.8 Å². The molecule has 5 atom stereocenters. The fraction of sp³-hybridized carbons (Fsp3) is 0.333. The van der Waals surface area contributed by atoms with E-state index in [1.54, 1.807) is 30.5 Å². The van der Waals surface area contributed by atoms with Gasteiger partial charge in [0.2, 0.25) is 5.91 Å². The number of rotatable bonds is 5. The summed E-state index contributed by atoms with van der Waals surface area (Å²) in [5.41, 5.74) is 1.17. The van der Waals surface area contributed by atoms with Gasteiger partial charge in [-0.15, -0.1) is 0 Å². The van der Waals surface area contributed by atoms with Crippen LogP contribution in [0.3, 0.4) is 0 Å². The largest absolute Gasteiger partial charge is 0.490 e. The van der Waals surface area contributed by atoms with Crippen LogP contribution < -0.4 is 10.1 Å². The molecule has 2 heterocycles. The van der Waals surface area contributed by atoms with Crippen molar-refractivity contribution in [2.24, 2.45) is 23.7 Å². The number of benzene rings is 1. The highest BCUT2D eigenvalue weighted by Crippen LogP contribution is 2.61. The standard InChI is InChI=1S/C24H21FN4O2/c1-13(24(30)29-22-5-2-14(11-26)12-28-22)23-17-9-16(10-18(17)23)31-21-6-7-27-20-4-3-15(25)8-19(20)21/h2-8,12-13,16-18,23H,9-10H2,1H3,(H,28,29,30)/t13?,16-,17-,18+,23-. The molecule has 0 radical (unpaired) electrons. The molecule has 1 aromatic carbocycles. The number of fused-ring (bicyclic) bond motifs is 2. The summed E-state index contributed by atoms with van der Waals surface area (Å²) in [7, 11) is 0. The van der Waals surface area contributed by atoms with Gasteiger partial charge in [0, 0.05) is 23.7 Å². The molecule has 31 heavy (non-hydrogen) atoms. The van der Waals surface area contributed by atoms with Gasteiger partial charge in [-0.2, -0.15) is 5.26 Å². The highest BCUT2D eigenvalue weighted by molar-refractivity contribution is 5.92. The Morgan fingerprint density at radius 3 is 2.74 bits per heavy atom. The molecule has 0 saturated heterocycles. The Kier molecular flexibility index (Phi) is 4.78. The molecule has 0 bridgehead atoms. The Morgan fingerprint density at radius 2 is 2.03 bits per heavy atom. The topological polar surface area (TPSA) is 87.9 Å². The van der Waals surface area contributed by atoms with Crippen LogP contribution in [-0.2, 0) is 4.79 Å². The number of carbonyl (C=O) groups excluding carboxylic acids is 1. The van der Waals surface area contributed by atoms with Gasteiger partial charge in [-0.3, -0.25) is 9.78 Å². The summed E-state index contributed by atoms with van der Waals surface area (Å²) >= 11 is 0. The van der Waals surface area contributed by atoms with Crippen molar-refractivity contribution in [3.8, 4) is 11.8 Å². The third kappa shape index (κ3) is 3.70. The van der Waals surface area contributed by atoms with E-state index < -0.39 is 0 Å². The van der Waals surface area contributed by atoms with Crippen LogP contribution in [-0.4, -0.2) is 22.0 Å². The lowest BCUT2D eigenvalue weighted by molar-refractivity contribution is -0.120. The fourth-order valence-electron chi connectivity index (χ4n) is 5.00. The summed E-state index contributed by atoms with van der Waals surface area (Å²) in [5.74, 6) is 1.90. The number of aromatic nitrogens is 2. The molecule has 156 valence electrons. The molecule has 7 heteroatoms. The number of ether oxygens (including phenoxy) is 1. The molecule has 3 aromatic rings. The van der Waals surface area contributed by atoms with Gasteiger partial charge >= 0.3 is 0 Å². The smallest absolute Gasteiger partial charge is 0.228 e. The predicted octanol–water partition coefficient (Wildman–Crippen LogP) is 4.32. The van der Waals surface area contributed by atoms with Crippen LogP contribution in [0.1, 0.15) is 25.3 Å². The second-order valence-corrected chi connectivity index (χ2v) is 8.41. The summed E-state index contributed by atoms with van der Waals surface area (Å²) < 4.78 is 19.9. The summed E-state index contributed by atoms with van der Waals surface area (Å²) in [6.45, 7) is 1.96. The number of hydrogen-bond acceptors (Lipinski definition) is 5. The van der Waals surface area contributed by atoms with Crippen LogP contribution in [0.2, 0.25) is 0 Å². The average molecular weight is 416 g/mol. The maximum Gasteiger partial charge on any atom is 0.228 e. The van der Waals surface area contributed by atoms with Gasteiger partial charge in [-0.25, -0.2) is 9.37 Å². The van der Waals surface area contributed by atoms with Gasteiger partial charge in [0.25, 0.3) is 0 Å². The quantitative estimate of drug-likeness (QED) is 0.669. The minimum absolute atomic E-state index is 0.0512. The molecule has 2 saturated carbocycles. The molecule has 1 unspecified atom stereocenters. The van der Waals surface area contributed by atoms with E-state index in [9.17, 15) is 9.18 Å². The highest BCUT2D eigenvalue weighted by atomic mass is 19.1. The van der Waals surface area contributed by atoms with E-state index in [1.165, 1.54) is 18.3 Å². The molecule has 5 rings (SSSR count). The normalized spacial score (nSPS) is 24.8. The molecular formula is C24H21FN4O2. The van der Waals surface area contributed by atoms with E-state index in [0.29, 0.717) is 45.8 Å². The summed E-state index contributed by atoms with van der Waals surface area (Å²) in [4.78, 5) is 21.0. The SMILES string of the molecule is CC(C(=O)Nc1ccc(C#N)cn1)[C@@H]1[C@@H]2C[C@@H](Oc3ccnc4ccc(F)cc34)C[C@@H]21. The van der Waals surface area contributed by atoms with Crippen molar-refractivity contribution in [3.05, 3.63) is 60.2 Å². The zero-order valence-corrected chi connectivity index (χ0v) is 17.0. The van der Waals surface area contributed by atoms with Crippen molar-refractivity contribution < 1.29 is 13.9 Å². The Labute approximate surface area is 179 Å². The first-order chi connectivity index (χ1) is 15.0. The van der Waals surface area contributed by atoms with E-state index in [-0.39, 0.29) is 23.7 Å². The second kappa shape index (κ2) is 7.62. The molecule has 0 aliphatic heterocycles. The molecule has 1 amide bonds. The van der Waals surface area contributed by atoms with Crippen LogP contribution >= 0.6 is 0 Å². The van der Waals surface area contributed by atoms with Crippen LogP contribution in [0.4, 0.5) is 10.2 Å². The number of carbonyl (C=O) groups is 1. The molecule has 2 aromatic heterocycles. The van der Waals surface area contributed by atoms with Gasteiger partial charge < -0.3 is 10.1 Å². The maximum atomic E-state index is 13.7. The predicted molar refractivity (Wildman–Crippen MR) is 113 cm³/mol. The number of nitrogens with one attached hydrogen (secondary N) is 1. The summed E-state index contributed by atoms with van der Waals surface area (Å²) in [6.07, 6.45) is 4.97. The van der Waals surface area contributed by atoms with E-state index in [0.717, 1.165) is 12.8 Å². The first-order valence-corrected chi connectivity index (χ1v) is 10.4. The van der Waals surface area contributed by atoms with Crippen LogP contribution in [0.25, 0.3) is 10.9 Å². The van der Waals surface area contributed by atoms with Gasteiger partial charge in [-0.05, 0) is 67.0 Å². The first kappa shape index (κ1) is 19.4. The zero-order valence-electron chi connectivity index (χ0n) is 17.0. The Morgan fingerprint density at radius 1 is 1.23 bits per heavy atom. The molecule has 0 spiro atoms. The number of hydrogen-bond donors (Lipinski definition) is 1. The number of nitriles is 1. The minimum Gasteiger partial charge on any atom is -0.490 e. The summed E-state index contributed by atoms with van der Waals surface area (Å²) in [5, 5.41) is 12.4. The maximum absolute atomic E-state index is 13.7. The van der Waals surface area contributed by atoms with E-state index in [1.807, 2.05) is 13.0 Å². The van der Waals surface area contributed by atoms with Crippen molar-refractivity contribution in [3.63, 3.8) is 0 Å². The monoisotopic (exact) mass is 416 g/mol. The number of pyridine rings is 2. The average Bonchev–Trinajstić information content (AvgIpc) is 3.28. The fourth-order valence-corrected chi connectivity index (χ4v) is 5.00. The lowest BCUT2D eigenvalue weighted by atomic mass is 9.97. The Bertz CT molecular complexity index is 1180. The second-order valence-electron chi connectivity index (χ2n) is 8.41. The molecular weight excluding hydrogens is 395 g/mol. The molecule has 6 nitrogen and oxygen atoms in total. The van der Waals surface area contributed by atoms with Crippen molar-refractivity contribution >= 4 is 22.6 Å². The van der Waals surface area contributed by atoms with Crippen LogP contribution in [0.15, 0.2) is 48.8 Å². The molecule has 2 fully saturated rings. The van der Waals surface area contributed by atoms with Gasteiger partial charge in [0.05, 0.1) is 17.2 Å². The van der Waals surface area contributed by atoms with Gasteiger partial charge in [0.15, 0.2) is 0 Å². The van der Waals surface area contributed by atoms with Crippen molar-refractivity contribution in [2.75, 3.05) is 5.32 Å². The highest BCUT2D eigenvalue weighted by Gasteiger charge is 2.59. The van der Waals surface area contributed by atoms with Crippen molar-refractivity contribution in [2.45, 2.75) is 25.9 Å². The zero-order chi connectivity index (χ0) is 21.5. The lowest BCUT2D eigenvalue weighted by Gasteiger charge is -2.20. The number of anilines is 1. The first-order valence-electron chi connectivity index (χ1n) is 10.4.